The predicted molar refractivity (Wildman–Crippen MR) is 79.9 cm³/mol. The van der Waals surface area contributed by atoms with Crippen LogP contribution in [0.1, 0.15) is 23.9 Å². The summed E-state index contributed by atoms with van der Waals surface area (Å²) < 4.78 is 11.2. The molecule has 0 fully saturated rings. The van der Waals surface area contributed by atoms with Gasteiger partial charge < -0.3 is 14.6 Å². The van der Waals surface area contributed by atoms with Gasteiger partial charge in [-0.3, -0.25) is 4.90 Å². The van der Waals surface area contributed by atoms with Gasteiger partial charge in [-0.2, -0.15) is 0 Å². The lowest BCUT2D eigenvalue weighted by Gasteiger charge is -2.17. The van der Waals surface area contributed by atoms with Gasteiger partial charge in [-0.1, -0.05) is 30.3 Å². The van der Waals surface area contributed by atoms with Crippen LogP contribution in [0, 0.1) is 0 Å². The van der Waals surface area contributed by atoms with Gasteiger partial charge >= 0.3 is 0 Å². The van der Waals surface area contributed by atoms with Crippen LogP contribution >= 0.6 is 0 Å². The van der Waals surface area contributed by atoms with Gasteiger partial charge in [-0.15, -0.1) is 0 Å². The molecule has 5 heteroatoms. The van der Waals surface area contributed by atoms with Crippen molar-refractivity contribution in [3.05, 3.63) is 47.3 Å². The first-order valence-corrected chi connectivity index (χ1v) is 7.43. The van der Waals surface area contributed by atoms with Gasteiger partial charge in [0.2, 0.25) is 0 Å². The van der Waals surface area contributed by atoms with Crippen LogP contribution in [0.15, 0.2) is 34.9 Å². The Morgan fingerprint density at radius 1 is 1.33 bits per heavy atom. The minimum Gasteiger partial charge on any atom is -0.492 e. The van der Waals surface area contributed by atoms with Gasteiger partial charge in [-0.25, -0.2) is 0 Å². The second-order valence-electron chi connectivity index (χ2n) is 5.23. The van der Waals surface area contributed by atoms with Crippen LogP contribution in [0.2, 0.25) is 0 Å². The highest BCUT2D eigenvalue weighted by Crippen LogP contribution is 2.23. The van der Waals surface area contributed by atoms with Crippen molar-refractivity contribution in [3.8, 4) is 5.75 Å². The van der Waals surface area contributed by atoms with Crippen molar-refractivity contribution in [1.82, 2.24) is 15.4 Å². The Morgan fingerprint density at radius 2 is 2.24 bits per heavy atom. The summed E-state index contributed by atoms with van der Waals surface area (Å²) in [4.78, 5) is 2.32. The van der Waals surface area contributed by atoms with E-state index < -0.39 is 0 Å². The lowest BCUT2D eigenvalue weighted by atomic mass is 10.2. The molecule has 2 aromatic rings. The summed E-state index contributed by atoms with van der Waals surface area (Å²) in [5, 5.41) is 7.34. The Balaban J connectivity index is 1.64. The third-order valence-corrected chi connectivity index (χ3v) is 3.57. The summed E-state index contributed by atoms with van der Waals surface area (Å²) in [6, 6.07) is 10.2. The fraction of sp³-hybridized carbons (Fsp3) is 0.438. The highest BCUT2D eigenvalue weighted by Gasteiger charge is 2.16. The number of fused-ring (bicyclic) bond motifs is 1. The van der Waals surface area contributed by atoms with E-state index in [2.05, 4.69) is 34.4 Å². The molecule has 1 aliphatic rings. The Hall–Kier alpha value is -1.85. The molecular formula is C16H21N3O2. The van der Waals surface area contributed by atoms with E-state index in [0.717, 1.165) is 49.9 Å². The van der Waals surface area contributed by atoms with Crippen LogP contribution in [0.5, 0.6) is 5.75 Å². The largest absolute Gasteiger partial charge is 0.492 e. The SMILES string of the molecule is CCNCc1cc(CN2CCOc3ccccc3C2)on1. The lowest BCUT2D eigenvalue weighted by Crippen LogP contribution is -2.25. The van der Waals surface area contributed by atoms with E-state index in [1.807, 2.05) is 18.2 Å². The van der Waals surface area contributed by atoms with Crippen molar-refractivity contribution in [1.29, 1.82) is 0 Å². The summed E-state index contributed by atoms with van der Waals surface area (Å²) >= 11 is 0. The van der Waals surface area contributed by atoms with Gasteiger partial charge in [0, 0.05) is 31.3 Å². The zero-order chi connectivity index (χ0) is 14.5. The van der Waals surface area contributed by atoms with Crippen LogP contribution in [0.4, 0.5) is 0 Å². The molecule has 2 heterocycles. The van der Waals surface area contributed by atoms with E-state index in [9.17, 15) is 0 Å². The van der Waals surface area contributed by atoms with E-state index in [-0.39, 0.29) is 0 Å². The number of ether oxygens (including phenoxy) is 1. The number of nitrogens with zero attached hydrogens (tertiary/aromatic N) is 2. The highest BCUT2D eigenvalue weighted by atomic mass is 16.5. The molecule has 3 rings (SSSR count). The van der Waals surface area contributed by atoms with Gasteiger partial charge in [0.05, 0.1) is 12.2 Å². The number of nitrogens with one attached hydrogen (secondary N) is 1. The maximum atomic E-state index is 5.78. The lowest BCUT2D eigenvalue weighted by molar-refractivity contribution is 0.199. The topological polar surface area (TPSA) is 50.5 Å². The first kappa shape index (κ1) is 14.1. The van der Waals surface area contributed by atoms with Gasteiger partial charge in [0.1, 0.15) is 12.4 Å². The molecule has 0 spiro atoms. The molecule has 0 unspecified atom stereocenters. The molecule has 0 saturated heterocycles. The van der Waals surface area contributed by atoms with E-state index in [1.54, 1.807) is 0 Å². The van der Waals surface area contributed by atoms with Crippen LogP contribution in [-0.4, -0.2) is 29.8 Å². The minimum atomic E-state index is 0.704. The van der Waals surface area contributed by atoms with E-state index in [0.29, 0.717) is 6.61 Å². The Morgan fingerprint density at radius 3 is 3.14 bits per heavy atom. The second-order valence-corrected chi connectivity index (χ2v) is 5.23. The number of hydrogen-bond donors (Lipinski definition) is 1. The Bertz CT molecular complexity index is 582. The molecule has 0 amide bonds. The van der Waals surface area contributed by atoms with Crippen molar-refractivity contribution >= 4 is 0 Å². The molecule has 1 aromatic carbocycles. The number of aromatic nitrogens is 1. The fourth-order valence-electron chi connectivity index (χ4n) is 2.50. The summed E-state index contributed by atoms with van der Waals surface area (Å²) in [6.45, 7) is 6.99. The van der Waals surface area contributed by atoms with E-state index >= 15 is 0 Å². The third-order valence-electron chi connectivity index (χ3n) is 3.57. The first-order valence-electron chi connectivity index (χ1n) is 7.43. The molecule has 5 nitrogen and oxygen atoms in total. The monoisotopic (exact) mass is 287 g/mol. The van der Waals surface area contributed by atoms with Crippen LogP contribution < -0.4 is 10.1 Å². The molecule has 0 saturated carbocycles. The zero-order valence-electron chi connectivity index (χ0n) is 12.3. The maximum absolute atomic E-state index is 5.78. The quantitative estimate of drug-likeness (QED) is 0.913. The Labute approximate surface area is 124 Å². The Kier molecular flexibility index (Phi) is 4.52. The third kappa shape index (κ3) is 3.62. The molecule has 1 N–H and O–H groups in total. The van der Waals surface area contributed by atoms with E-state index in [1.165, 1.54) is 5.56 Å². The summed E-state index contributed by atoms with van der Waals surface area (Å²) in [7, 11) is 0. The van der Waals surface area contributed by atoms with Gasteiger partial charge in [-0.05, 0) is 12.6 Å². The molecular weight excluding hydrogens is 266 g/mol. The van der Waals surface area contributed by atoms with Gasteiger partial charge in [0.25, 0.3) is 0 Å². The van der Waals surface area contributed by atoms with Crippen molar-refractivity contribution in [2.75, 3.05) is 19.7 Å². The predicted octanol–water partition coefficient (Wildman–Crippen LogP) is 2.18. The highest BCUT2D eigenvalue weighted by molar-refractivity contribution is 5.33. The molecule has 0 aliphatic carbocycles. The van der Waals surface area contributed by atoms with Crippen molar-refractivity contribution in [3.63, 3.8) is 0 Å². The maximum Gasteiger partial charge on any atom is 0.151 e. The van der Waals surface area contributed by atoms with Crippen LogP contribution in [-0.2, 0) is 19.6 Å². The van der Waals surface area contributed by atoms with Crippen molar-refractivity contribution in [2.45, 2.75) is 26.6 Å². The summed E-state index contributed by atoms with van der Waals surface area (Å²) in [5.74, 6) is 1.90. The summed E-state index contributed by atoms with van der Waals surface area (Å²) in [6.07, 6.45) is 0. The van der Waals surface area contributed by atoms with E-state index in [4.69, 9.17) is 9.26 Å². The van der Waals surface area contributed by atoms with Crippen LogP contribution in [0.25, 0.3) is 0 Å². The van der Waals surface area contributed by atoms with Crippen molar-refractivity contribution in [2.24, 2.45) is 0 Å². The smallest absolute Gasteiger partial charge is 0.151 e. The molecule has 1 aliphatic heterocycles. The standard InChI is InChI=1S/C16H21N3O2/c1-2-17-10-14-9-15(21-18-14)12-19-7-8-20-16-6-4-3-5-13(16)11-19/h3-6,9,17H,2,7-8,10-12H2,1H3. The number of rotatable bonds is 5. The minimum absolute atomic E-state index is 0.704. The average Bonchev–Trinajstić information content (AvgIpc) is 2.83. The molecule has 21 heavy (non-hydrogen) atoms. The zero-order valence-corrected chi connectivity index (χ0v) is 12.3. The van der Waals surface area contributed by atoms with Gasteiger partial charge in [0.15, 0.2) is 5.76 Å². The second kappa shape index (κ2) is 6.74. The number of para-hydroxylation sites is 1. The molecule has 0 radical (unpaired) electrons. The van der Waals surface area contributed by atoms with Crippen molar-refractivity contribution < 1.29 is 9.26 Å². The molecule has 0 atom stereocenters. The average molecular weight is 287 g/mol. The normalized spacial score (nSPS) is 15.3. The molecule has 1 aromatic heterocycles. The number of benzene rings is 1. The van der Waals surface area contributed by atoms with Crippen LogP contribution in [0.3, 0.4) is 0 Å². The summed E-state index contributed by atoms with van der Waals surface area (Å²) in [5.41, 5.74) is 2.18. The number of hydrogen-bond acceptors (Lipinski definition) is 5. The fourth-order valence-corrected chi connectivity index (χ4v) is 2.50. The first-order chi connectivity index (χ1) is 10.3. The molecule has 112 valence electrons. The molecule has 0 bridgehead atoms.